The van der Waals surface area contributed by atoms with Gasteiger partial charge in [-0.1, -0.05) is 24.3 Å². The Kier molecular flexibility index (Phi) is 3.88. The van der Waals surface area contributed by atoms with Crippen LogP contribution in [0.2, 0.25) is 0 Å². The van der Waals surface area contributed by atoms with Crippen molar-refractivity contribution in [2.75, 3.05) is 5.32 Å². The molecule has 4 aromatic rings. The van der Waals surface area contributed by atoms with Crippen LogP contribution in [-0.4, -0.2) is 24.1 Å². The van der Waals surface area contributed by atoms with E-state index in [0.29, 0.717) is 11.3 Å². The Morgan fingerprint density at radius 3 is 2.59 bits per heavy atom. The number of nitrogens with zero attached hydrogens (tertiary/aromatic N) is 5. The van der Waals surface area contributed by atoms with E-state index in [4.69, 9.17) is 0 Å². The zero-order valence-corrected chi connectivity index (χ0v) is 14.2. The van der Waals surface area contributed by atoms with Crippen LogP contribution < -0.4 is 10.9 Å². The molecule has 3 heterocycles. The summed E-state index contributed by atoms with van der Waals surface area (Å²) in [7, 11) is 0. The van der Waals surface area contributed by atoms with Gasteiger partial charge in [0.2, 0.25) is 5.82 Å². The number of nitrogens with one attached hydrogen (secondary N) is 1. The van der Waals surface area contributed by atoms with Gasteiger partial charge >= 0.3 is 11.2 Å². The van der Waals surface area contributed by atoms with Gasteiger partial charge in [-0.2, -0.15) is 5.10 Å². The molecular weight excluding hydrogens is 348 g/mol. The molecule has 134 valence electrons. The van der Waals surface area contributed by atoms with E-state index < -0.39 is 16.2 Å². The lowest BCUT2D eigenvalue weighted by atomic mass is 10.3. The van der Waals surface area contributed by atoms with E-state index in [-0.39, 0.29) is 5.82 Å². The normalized spacial score (nSPS) is 10.9. The van der Waals surface area contributed by atoms with E-state index >= 15 is 0 Å². The molecule has 0 saturated carbocycles. The van der Waals surface area contributed by atoms with Crippen molar-refractivity contribution in [1.82, 2.24) is 19.2 Å². The van der Waals surface area contributed by atoms with E-state index in [9.17, 15) is 14.9 Å². The molecule has 0 aliphatic heterocycles. The molecule has 27 heavy (non-hydrogen) atoms. The second-order valence-electron chi connectivity index (χ2n) is 5.82. The van der Waals surface area contributed by atoms with Gasteiger partial charge in [0.1, 0.15) is 5.65 Å². The number of rotatable bonds is 4. The van der Waals surface area contributed by atoms with Crippen LogP contribution in [0.5, 0.6) is 0 Å². The maximum Gasteiger partial charge on any atom is 0.376 e. The summed E-state index contributed by atoms with van der Waals surface area (Å²) in [5.74, 6) is -0.119. The Labute approximate surface area is 152 Å². The molecule has 0 aliphatic carbocycles. The third kappa shape index (κ3) is 2.80. The van der Waals surface area contributed by atoms with E-state index in [1.54, 1.807) is 29.1 Å². The highest BCUT2D eigenvalue weighted by Gasteiger charge is 2.24. The maximum absolute atomic E-state index is 12.5. The van der Waals surface area contributed by atoms with Crippen molar-refractivity contribution in [3.8, 4) is 5.69 Å². The first-order chi connectivity index (χ1) is 13.1. The Morgan fingerprint density at radius 1 is 1.11 bits per heavy atom. The zero-order valence-electron chi connectivity index (χ0n) is 14.2. The van der Waals surface area contributed by atoms with Gasteiger partial charge < -0.3 is 5.32 Å². The number of pyridine rings is 1. The fraction of sp³-hybridized carbons (Fsp3) is 0.0556. The molecule has 9 heteroatoms. The molecule has 0 saturated heterocycles. The van der Waals surface area contributed by atoms with Crippen molar-refractivity contribution < 1.29 is 4.92 Å². The molecule has 0 radical (unpaired) electrons. The van der Waals surface area contributed by atoms with Crippen LogP contribution >= 0.6 is 0 Å². The average molecular weight is 362 g/mol. The predicted octanol–water partition coefficient (Wildman–Crippen LogP) is 2.84. The van der Waals surface area contributed by atoms with Gasteiger partial charge in [-0.25, -0.2) is 9.67 Å². The highest BCUT2D eigenvalue weighted by Crippen LogP contribution is 2.26. The Hall–Kier alpha value is -4.01. The quantitative estimate of drug-likeness (QED) is 0.442. The summed E-state index contributed by atoms with van der Waals surface area (Å²) in [5.41, 5.74) is 1.04. The van der Waals surface area contributed by atoms with Crippen molar-refractivity contribution in [3.63, 3.8) is 0 Å². The number of hydrogen-bond donors (Lipinski definition) is 1. The topological polar surface area (TPSA) is 107 Å². The van der Waals surface area contributed by atoms with Crippen molar-refractivity contribution in [2.24, 2.45) is 0 Å². The van der Waals surface area contributed by atoms with Crippen LogP contribution in [0.3, 0.4) is 0 Å². The van der Waals surface area contributed by atoms with Crippen molar-refractivity contribution in [3.05, 3.63) is 87.1 Å². The number of para-hydroxylation sites is 1. The van der Waals surface area contributed by atoms with E-state index in [0.717, 1.165) is 15.8 Å². The summed E-state index contributed by atoms with van der Waals surface area (Å²) in [4.78, 5) is 27.5. The lowest BCUT2D eigenvalue weighted by molar-refractivity contribution is -0.385. The molecule has 1 N–H and O–H groups in total. The number of fused-ring (bicyclic) bond motifs is 1. The second kappa shape index (κ2) is 6.37. The van der Waals surface area contributed by atoms with Gasteiger partial charge in [0.05, 0.1) is 28.2 Å². The minimum Gasteiger partial charge on any atom is -0.331 e. The van der Waals surface area contributed by atoms with Crippen LogP contribution in [0.4, 0.5) is 17.2 Å². The van der Waals surface area contributed by atoms with Crippen molar-refractivity contribution in [2.45, 2.75) is 6.92 Å². The van der Waals surface area contributed by atoms with Crippen molar-refractivity contribution in [1.29, 1.82) is 0 Å². The average Bonchev–Trinajstić information content (AvgIpc) is 3.03. The second-order valence-corrected chi connectivity index (χ2v) is 5.82. The van der Waals surface area contributed by atoms with E-state index in [1.165, 1.54) is 6.20 Å². The van der Waals surface area contributed by atoms with Crippen LogP contribution in [0.15, 0.2) is 65.7 Å². The molecule has 9 nitrogen and oxygen atoms in total. The number of anilines is 2. The molecule has 0 amide bonds. The SMILES string of the molecule is Cc1c(Nc2nc3ccccn3c(=O)c2[N+](=O)[O-])cnn1-c1ccccc1. The van der Waals surface area contributed by atoms with Gasteiger partial charge in [-0.15, -0.1) is 0 Å². The molecule has 4 rings (SSSR count). The summed E-state index contributed by atoms with van der Waals surface area (Å²) in [6.07, 6.45) is 2.99. The number of nitro groups is 1. The third-order valence-electron chi connectivity index (χ3n) is 4.16. The first kappa shape index (κ1) is 16.5. The monoisotopic (exact) mass is 362 g/mol. The summed E-state index contributed by atoms with van der Waals surface area (Å²) in [5, 5.41) is 18.7. The maximum atomic E-state index is 12.5. The van der Waals surface area contributed by atoms with Gasteiger partial charge in [0.15, 0.2) is 0 Å². The molecule has 0 aliphatic rings. The van der Waals surface area contributed by atoms with Gasteiger partial charge in [0.25, 0.3) is 0 Å². The first-order valence-corrected chi connectivity index (χ1v) is 8.09. The zero-order chi connectivity index (χ0) is 19.0. The van der Waals surface area contributed by atoms with Crippen LogP contribution in [0, 0.1) is 17.0 Å². The summed E-state index contributed by atoms with van der Waals surface area (Å²) >= 11 is 0. The summed E-state index contributed by atoms with van der Waals surface area (Å²) in [6, 6.07) is 14.4. The smallest absolute Gasteiger partial charge is 0.331 e. The third-order valence-corrected chi connectivity index (χ3v) is 4.16. The molecular formula is C18H14N6O3. The largest absolute Gasteiger partial charge is 0.376 e. The Bertz CT molecular complexity index is 1210. The molecule has 0 unspecified atom stereocenters. The van der Waals surface area contributed by atoms with Crippen LogP contribution in [0.25, 0.3) is 11.3 Å². The summed E-state index contributed by atoms with van der Waals surface area (Å²) < 4.78 is 2.84. The number of hydrogen-bond acceptors (Lipinski definition) is 6. The number of aromatic nitrogens is 4. The van der Waals surface area contributed by atoms with Crippen LogP contribution in [-0.2, 0) is 0 Å². The highest BCUT2D eigenvalue weighted by molar-refractivity contribution is 5.68. The van der Waals surface area contributed by atoms with E-state index in [1.807, 2.05) is 37.3 Å². The fourth-order valence-electron chi connectivity index (χ4n) is 2.82. The van der Waals surface area contributed by atoms with Gasteiger partial charge in [-0.05, 0) is 31.2 Å². The Balaban J connectivity index is 1.83. The van der Waals surface area contributed by atoms with E-state index in [2.05, 4.69) is 15.4 Å². The lowest BCUT2D eigenvalue weighted by Gasteiger charge is -2.08. The first-order valence-electron chi connectivity index (χ1n) is 8.09. The molecule has 0 spiro atoms. The fourth-order valence-corrected chi connectivity index (χ4v) is 2.82. The van der Waals surface area contributed by atoms with Gasteiger partial charge in [-0.3, -0.25) is 19.3 Å². The predicted molar refractivity (Wildman–Crippen MR) is 99.7 cm³/mol. The molecule has 0 fully saturated rings. The number of benzene rings is 1. The van der Waals surface area contributed by atoms with Crippen LogP contribution in [0.1, 0.15) is 5.69 Å². The lowest BCUT2D eigenvalue weighted by Crippen LogP contribution is -2.20. The minimum atomic E-state index is -0.749. The molecule has 1 aromatic carbocycles. The standard InChI is InChI=1S/C18H14N6O3/c1-12-14(11-19-23(12)13-7-3-2-4-8-13)20-17-16(24(26)27)18(25)22-10-6-5-9-15(22)21-17/h2-11,20H,1H3. The summed E-state index contributed by atoms with van der Waals surface area (Å²) in [6.45, 7) is 1.82. The molecule has 0 atom stereocenters. The molecule has 0 bridgehead atoms. The molecule has 3 aromatic heterocycles. The Morgan fingerprint density at radius 2 is 1.85 bits per heavy atom. The van der Waals surface area contributed by atoms with Crippen molar-refractivity contribution >= 4 is 22.8 Å². The minimum absolute atomic E-state index is 0.119. The highest BCUT2D eigenvalue weighted by atomic mass is 16.6. The van der Waals surface area contributed by atoms with Gasteiger partial charge in [0, 0.05) is 6.20 Å².